The fourth-order valence-electron chi connectivity index (χ4n) is 2.67. The van der Waals surface area contributed by atoms with Crippen molar-refractivity contribution in [3.63, 3.8) is 0 Å². The van der Waals surface area contributed by atoms with E-state index in [0.29, 0.717) is 0 Å². The van der Waals surface area contributed by atoms with Crippen LogP contribution in [0.3, 0.4) is 0 Å². The average Bonchev–Trinajstić information content (AvgIpc) is 2.82. The molecule has 0 fully saturated rings. The zero-order valence-corrected chi connectivity index (χ0v) is 11.8. The molecule has 0 spiro atoms. The van der Waals surface area contributed by atoms with Gasteiger partial charge in [-0.1, -0.05) is 36.4 Å². The molecule has 2 heteroatoms. The molecule has 1 heterocycles. The Balaban J connectivity index is 1.90. The van der Waals surface area contributed by atoms with Crippen LogP contribution in [-0.2, 0) is 13.0 Å². The second kappa shape index (κ2) is 5.51. The van der Waals surface area contributed by atoms with Gasteiger partial charge in [0.25, 0.3) is 0 Å². The Hall–Kier alpha value is -2.06. The maximum absolute atomic E-state index is 5.87. The van der Waals surface area contributed by atoms with E-state index in [4.69, 9.17) is 5.73 Å². The van der Waals surface area contributed by atoms with Crippen molar-refractivity contribution in [3.8, 4) is 0 Å². The van der Waals surface area contributed by atoms with Gasteiger partial charge in [-0.15, -0.1) is 0 Å². The SMILES string of the molecule is CC(N)Cc1ccc2c(ccn2Cc2ccccc2)c1. The van der Waals surface area contributed by atoms with Gasteiger partial charge in [-0.3, -0.25) is 0 Å². The van der Waals surface area contributed by atoms with Crippen LogP contribution >= 0.6 is 0 Å². The van der Waals surface area contributed by atoms with Gasteiger partial charge in [-0.2, -0.15) is 0 Å². The van der Waals surface area contributed by atoms with Crippen molar-refractivity contribution in [3.05, 3.63) is 71.9 Å². The van der Waals surface area contributed by atoms with E-state index in [-0.39, 0.29) is 6.04 Å². The van der Waals surface area contributed by atoms with Gasteiger partial charge in [-0.05, 0) is 48.1 Å². The topological polar surface area (TPSA) is 30.9 Å². The highest BCUT2D eigenvalue weighted by Gasteiger charge is 2.04. The molecule has 20 heavy (non-hydrogen) atoms. The average molecular weight is 264 g/mol. The first-order valence-corrected chi connectivity index (χ1v) is 7.09. The van der Waals surface area contributed by atoms with E-state index < -0.39 is 0 Å². The second-order valence-corrected chi connectivity index (χ2v) is 5.50. The predicted octanol–water partition coefficient (Wildman–Crippen LogP) is 3.58. The Labute approximate surface area is 119 Å². The number of hydrogen-bond acceptors (Lipinski definition) is 1. The minimum absolute atomic E-state index is 0.207. The second-order valence-electron chi connectivity index (χ2n) is 5.50. The van der Waals surface area contributed by atoms with Gasteiger partial charge in [0.15, 0.2) is 0 Å². The van der Waals surface area contributed by atoms with Crippen molar-refractivity contribution in [1.82, 2.24) is 4.57 Å². The predicted molar refractivity (Wildman–Crippen MR) is 84.8 cm³/mol. The summed E-state index contributed by atoms with van der Waals surface area (Å²) < 4.78 is 2.29. The Morgan fingerprint density at radius 1 is 1.00 bits per heavy atom. The van der Waals surface area contributed by atoms with Crippen molar-refractivity contribution in [2.45, 2.75) is 25.9 Å². The zero-order chi connectivity index (χ0) is 13.9. The third kappa shape index (κ3) is 2.75. The van der Waals surface area contributed by atoms with Gasteiger partial charge >= 0.3 is 0 Å². The molecule has 0 saturated carbocycles. The van der Waals surface area contributed by atoms with Crippen LogP contribution < -0.4 is 5.73 Å². The molecule has 1 unspecified atom stereocenters. The molecule has 3 rings (SSSR count). The van der Waals surface area contributed by atoms with E-state index in [1.165, 1.54) is 22.0 Å². The molecule has 2 N–H and O–H groups in total. The van der Waals surface area contributed by atoms with E-state index in [2.05, 4.69) is 65.4 Å². The summed E-state index contributed by atoms with van der Waals surface area (Å²) in [5, 5.41) is 1.29. The number of aromatic nitrogens is 1. The molecule has 3 aromatic rings. The van der Waals surface area contributed by atoms with Crippen molar-refractivity contribution >= 4 is 10.9 Å². The van der Waals surface area contributed by atoms with E-state index in [1.807, 2.05) is 6.92 Å². The standard InChI is InChI=1S/C18H20N2/c1-14(19)11-16-7-8-18-17(12-16)9-10-20(18)13-15-5-3-2-4-6-15/h2-10,12,14H,11,13,19H2,1H3. The molecule has 0 radical (unpaired) electrons. The lowest BCUT2D eigenvalue weighted by Crippen LogP contribution is -2.17. The first-order valence-electron chi connectivity index (χ1n) is 7.09. The van der Waals surface area contributed by atoms with Gasteiger partial charge in [0.05, 0.1) is 0 Å². The fraction of sp³-hybridized carbons (Fsp3) is 0.222. The summed E-state index contributed by atoms with van der Waals surface area (Å²) in [6.07, 6.45) is 3.09. The summed E-state index contributed by atoms with van der Waals surface area (Å²) >= 11 is 0. The van der Waals surface area contributed by atoms with Gasteiger partial charge in [0, 0.05) is 24.3 Å². The first kappa shape index (κ1) is 12.9. The highest BCUT2D eigenvalue weighted by molar-refractivity contribution is 5.81. The molecular weight excluding hydrogens is 244 g/mol. The molecule has 2 nitrogen and oxygen atoms in total. The first-order chi connectivity index (χ1) is 9.72. The summed E-state index contributed by atoms with van der Waals surface area (Å²) in [4.78, 5) is 0. The molecule has 0 saturated heterocycles. The lowest BCUT2D eigenvalue weighted by Gasteiger charge is -2.08. The number of fused-ring (bicyclic) bond motifs is 1. The quantitative estimate of drug-likeness (QED) is 0.767. The summed E-state index contributed by atoms with van der Waals surface area (Å²) in [5.41, 5.74) is 9.78. The zero-order valence-electron chi connectivity index (χ0n) is 11.8. The number of hydrogen-bond donors (Lipinski definition) is 1. The van der Waals surface area contributed by atoms with Crippen molar-refractivity contribution in [1.29, 1.82) is 0 Å². The van der Waals surface area contributed by atoms with Crippen molar-refractivity contribution in [2.75, 3.05) is 0 Å². The largest absolute Gasteiger partial charge is 0.343 e. The molecule has 2 aromatic carbocycles. The maximum atomic E-state index is 5.87. The monoisotopic (exact) mass is 264 g/mol. The summed E-state index contributed by atoms with van der Waals surface area (Å²) in [7, 11) is 0. The van der Waals surface area contributed by atoms with E-state index in [0.717, 1.165) is 13.0 Å². The third-order valence-electron chi connectivity index (χ3n) is 3.59. The molecule has 0 aliphatic carbocycles. The highest BCUT2D eigenvalue weighted by atomic mass is 14.9. The third-order valence-corrected chi connectivity index (χ3v) is 3.59. The van der Waals surface area contributed by atoms with Gasteiger partial charge in [0.1, 0.15) is 0 Å². The van der Waals surface area contributed by atoms with Gasteiger partial charge < -0.3 is 10.3 Å². The van der Waals surface area contributed by atoms with E-state index >= 15 is 0 Å². The van der Waals surface area contributed by atoms with Gasteiger partial charge in [0.2, 0.25) is 0 Å². The molecular formula is C18H20N2. The number of benzene rings is 2. The molecule has 1 aromatic heterocycles. The lowest BCUT2D eigenvalue weighted by molar-refractivity contribution is 0.738. The number of nitrogens with two attached hydrogens (primary N) is 1. The summed E-state index contributed by atoms with van der Waals surface area (Å²) in [6, 6.07) is 19.6. The summed E-state index contributed by atoms with van der Waals surface area (Å²) in [5.74, 6) is 0. The van der Waals surface area contributed by atoms with E-state index in [9.17, 15) is 0 Å². The van der Waals surface area contributed by atoms with E-state index in [1.54, 1.807) is 0 Å². The molecule has 1 atom stereocenters. The molecule has 0 aliphatic heterocycles. The van der Waals surface area contributed by atoms with Crippen LogP contribution in [0.15, 0.2) is 60.8 Å². The van der Waals surface area contributed by atoms with Crippen LogP contribution in [0.4, 0.5) is 0 Å². The Bertz CT molecular complexity index is 696. The Morgan fingerprint density at radius 3 is 2.55 bits per heavy atom. The van der Waals surface area contributed by atoms with Crippen LogP contribution in [0.1, 0.15) is 18.1 Å². The smallest absolute Gasteiger partial charge is 0.0483 e. The van der Waals surface area contributed by atoms with Gasteiger partial charge in [-0.25, -0.2) is 0 Å². The Morgan fingerprint density at radius 2 is 1.80 bits per heavy atom. The van der Waals surface area contributed by atoms with Crippen molar-refractivity contribution in [2.24, 2.45) is 5.73 Å². The molecule has 102 valence electrons. The fourth-order valence-corrected chi connectivity index (χ4v) is 2.67. The normalized spacial score (nSPS) is 12.7. The number of rotatable bonds is 4. The molecule has 0 aliphatic rings. The van der Waals surface area contributed by atoms with Crippen LogP contribution in [0, 0.1) is 0 Å². The van der Waals surface area contributed by atoms with Crippen molar-refractivity contribution < 1.29 is 0 Å². The minimum atomic E-state index is 0.207. The molecule has 0 bridgehead atoms. The lowest BCUT2D eigenvalue weighted by atomic mass is 10.1. The Kier molecular flexibility index (Phi) is 3.57. The number of nitrogens with zero attached hydrogens (tertiary/aromatic N) is 1. The van der Waals surface area contributed by atoms with Crippen LogP contribution in [0.2, 0.25) is 0 Å². The summed E-state index contributed by atoms with van der Waals surface area (Å²) in [6.45, 7) is 2.96. The van der Waals surface area contributed by atoms with Crippen LogP contribution in [-0.4, -0.2) is 10.6 Å². The minimum Gasteiger partial charge on any atom is -0.343 e. The van der Waals surface area contributed by atoms with Crippen LogP contribution in [0.5, 0.6) is 0 Å². The highest BCUT2D eigenvalue weighted by Crippen LogP contribution is 2.19. The molecule has 0 amide bonds. The maximum Gasteiger partial charge on any atom is 0.0483 e. The van der Waals surface area contributed by atoms with Crippen LogP contribution in [0.25, 0.3) is 10.9 Å².